The Hall–Kier alpha value is -5.39. The molecule has 2 bridgehead atoms. The van der Waals surface area contributed by atoms with Crippen molar-refractivity contribution in [1.82, 2.24) is 5.32 Å². The van der Waals surface area contributed by atoms with Crippen molar-refractivity contribution >= 4 is 47.3 Å². The van der Waals surface area contributed by atoms with Crippen LogP contribution in [0.4, 0.5) is 0 Å². The van der Waals surface area contributed by atoms with Crippen molar-refractivity contribution in [2.45, 2.75) is 108 Å². The first-order valence-corrected chi connectivity index (χ1v) is 22.8. The summed E-state index contributed by atoms with van der Waals surface area (Å²) >= 11 is 1.34. The van der Waals surface area contributed by atoms with Crippen molar-refractivity contribution in [3.63, 3.8) is 0 Å². The van der Waals surface area contributed by atoms with Gasteiger partial charge in [-0.15, -0.1) is 11.8 Å². The molecule has 7 rings (SSSR count). The maximum absolute atomic E-state index is 15.9. The zero-order valence-corrected chi connectivity index (χ0v) is 38.1. The van der Waals surface area contributed by atoms with E-state index in [1.165, 1.54) is 30.8 Å². The number of carbonyl (C=O) groups excluding carboxylic acids is 6. The molecule has 3 aromatic carbocycles. The number of rotatable bonds is 13. The molecule has 65 heavy (non-hydrogen) atoms. The van der Waals surface area contributed by atoms with Crippen LogP contribution in [0.15, 0.2) is 102 Å². The Morgan fingerprint density at radius 2 is 1.46 bits per heavy atom. The van der Waals surface area contributed by atoms with Crippen LogP contribution in [0.5, 0.6) is 0 Å². The molecule has 4 aliphatic rings. The molecular weight excluding hydrogens is 859 g/mol. The van der Waals surface area contributed by atoms with Crippen molar-refractivity contribution in [3.8, 4) is 0 Å². The smallest absolute Gasteiger partial charge is 0.338 e. The summed E-state index contributed by atoms with van der Waals surface area (Å²) in [6, 6.07) is 23.2. The second kappa shape index (κ2) is 18.5. The van der Waals surface area contributed by atoms with Gasteiger partial charge in [-0.3, -0.25) is 19.2 Å². The normalized spacial score (nSPS) is 30.9. The molecule has 3 fully saturated rings. The van der Waals surface area contributed by atoms with Gasteiger partial charge in [-0.2, -0.15) is 0 Å². The Balaban J connectivity index is 1.41. The van der Waals surface area contributed by atoms with Crippen LogP contribution in [0.1, 0.15) is 86.7 Å². The number of hydrogen-bond acceptors (Lipinski definition) is 15. The number of aliphatic hydroxyl groups is 2. The summed E-state index contributed by atoms with van der Waals surface area (Å²) in [4.78, 5) is 84.7. The third-order valence-corrected chi connectivity index (χ3v) is 14.2. The van der Waals surface area contributed by atoms with Gasteiger partial charge in [0.2, 0.25) is 0 Å². The number of hydrogen-bond donors (Lipinski definition) is 3. The largest absolute Gasteiger partial charge is 0.456 e. The molecule has 1 saturated heterocycles. The predicted octanol–water partition coefficient (Wildman–Crippen LogP) is 5.08. The standard InChI is InChI=1S/C49H55NO14S/c1-27-33(62-45(57)38(53)37(30-17-11-8-12-18-30)50-43(55)31-19-13-9-14-20-31)24-49(58)42(63-44(56)32-21-15-10-16-22-32)40-47(6,41(54)39(61-28(2)51)36(27)46(49,4)5)34(60-26-65-7)23-35-48(40,25-59-35)64-29(3)52/h8-22,33-35,37-40,42,53,58H,23-26H2,1-7H3,(H,50,55)/t33?,34-,35+,37-,38+,39+,40-,42-,47+,48-,49+/m0/s1. The molecule has 16 heteroatoms. The lowest BCUT2D eigenvalue weighted by atomic mass is 9.44. The number of nitrogens with one attached hydrogen (secondary N) is 1. The molecule has 2 saturated carbocycles. The molecule has 3 N–H and O–H groups in total. The third kappa shape index (κ3) is 8.39. The van der Waals surface area contributed by atoms with Gasteiger partial charge < -0.3 is 44.0 Å². The van der Waals surface area contributed by atoms with Crippen molar-refractivity contribution < 1.29 is 67.4 Å². The molecule has 0 spiro atoms. The number of aliphatic hydroxyl groups excluding tert-OH is 1. The fourth-order valence-electron chi connectivity index (χ4n) is 10.6. The maximum atomic E-state index is 15.9. The topological polar surface area (TPSA) is 210 Å². The highest BCUT2D eigenvalue weighted by Gasteiger charge is 2.78. The average molecular weight is 914 g/mol. The SMILES string of the molecule is CSCO[C@H]1C[C@H]2OC[C@@]2(OC(C)=O)[C@H]2[C@H](OC(=O)c3ccccc3)[C@]3(O)CC(OC(=O)[C@H](O)[C@@H](NC(=O)c4ccccc4)c4ccccc4)C(C)=C([C@@H](OC(C)=O)C(=O)[C@]12C)C3(C)C. The molecule has 0 aromatic heterocycles. The molecule has 1 amide bonds. The number of esters is 4. The minimum Gasteiger partial charge on any atom is -0.456 e. The number of benzene rings is 3. The molecule has 1 unspecified atom stereocenters. The van der Waals surface area contributed by atoms with Crippen molar-refractivity contribution in [2.75, 3.05) is 18.8 Å². The molecule has 1 heterocycles. The van der Waals surface area contributed by atoms with Crippen molar-refractivity contribution in [3.05, 3.63) is 119 Å². The number of Topliss-reactive ketones (excluding diaryl/α,β-unsaturated/α-hetero) is 1. The fraction of sp³-hybridized carbons (Fsp3) is 0.469. The molecule has 1 aliphatic heterocycles. The van der Waals surface area contributed by atoms with Gasteiger partial charge in [0.1, 0.15) is 23.9 Å². The van der Waals surface area contributed by atoms with E-state index in [1.54, 1.807) is 113 Å². The zero-order chi connectivity index (χ0) is 47.1. The summed E-state index contributed by atoms with van der Waals surface area (Å²) in [5.74, 6) is -6.28. The van der Waals surface area contributed by atoms with Crippen molar-refractivity contribution in [2.24, 2.45) is 16.7 Å². The lowest BCUT2D eigenvalue weighted by molar-refractivity contribution is -0.347. The second-order valence-corrected chi connectivity index (χ2v) is 18.7. The number of thioether (sulfide) groups is 1. The summed E-state index contributed by atoms with van der Waals surface area (Å²) in [6.45, 7) is 8.45. The first kappa shape index (κ1) is 47.6. The highest BCUT2D eigenvalue weighted by atomic mass is 32.2. The van der Waals surface area contributed by atoms with E-state index < -0.39 is 113 Å². The first-order chi connectivity index (χ1) is 30.8. The highest BCUT2D eigenvalue weighted by molar-refractivity contribution is 7.98. The van der Waals surface area contributed by atoms with Gasteiger partial charge in [0, 0.05) is 37.7 Å². The van der Waals surface area contributed by atoms with E-state index in [1.807, 2.05) is 0 Å². The van der Waals surface area contributed by atoms with Gasteiger partial charge in [-0.25, -0.2) is 9.59 Å². The number of ether oxygens (including phenoxy) is 6. The van der Waals surface area contributed by atoms with E-state index in [0.717, 1.165) is 6.92 Å². The molecule has 0 radical (unpaired) electrons. The fourth-order valence-corrected chi connectivity index (χ4v) is 10.9. The Morgan fingerprint density at radius 1 is 0.862 bits per heavy atom. The minimum absolute atomic E-state index is 0.0418. The van der Waals surface area contributed by atoms with Crippen LogP contribution in [0, 0.1) is 16.7 Å². The third-order valence-electron chi connectivity index (χ3n) is 13.8. The first-order valence-electron chi connectivity index (χ1n) is 21.4. The Kier molecular flexibility index (Phi) is 13.5. The summed E-state index contributed by atoms with van der Waals surface area (Å²) in [5.41, 5.74) is -6.48. The minimum atomic E-state index is -2.34. The van der Waals surface area contributed by atoms with Crippen LogP contribution in [-0.4, -0.2) is 112 Å². The lowest BCUT2D eigenvalue weighted by Gasteiger charge is -2.67. The van der Waals surface area contributed by atoms with Crippen LogP contribution in [0.2, 0.25) is 0 Å². The van der Waals surface area contributed by atoms with E-state index in [0.29, 0.717) is 5.56 Å². The average Bonchev–Trinajstić information content (AvgIpc) is 3.27. The molecular formula is C49H55NO14S. The van der Waals surface area contributed by atoms with Gasteiger partial charge in [-0.05, 0) is 61.1 Å². The lowest BCUT2D eigenvalue weighted by Crippen LogP contribution is -2.82. The van der Waals surface area contributed by atoms with Gasteiger partial charge in [0.05, 0.1) is 41.6 Å². The van der Waals surface area contributed by atoms with E-state index in [2.05, 4.69) is 5.32 Å². The summed E-state index contributed by atoms with van der Waals surface area (Å²) in [6.07, 6.45) is -7.55. The van der Waals surface area contributed by atoms with Crippen LogP contribution < -0.4 is 5.32 Å². The Bertz CT molecular complexity index is 2340. The summed E-state index contributed by atoms with van der Waals surface area (Å²) in [7, 11) is 0. The van der Waals surface area contributed by atoms with Crippen molar-refractivity contribution in [1.29, 1.82) is 0 Å². The van der Waals surface area contributed by atoms with E-state index in [4.69, 9.17) is 28.4 Å². The Labute approximate surface area is 381 Å². The maximum Gasteiger partial charge on any atom is 0.338 e. The summed E-state index contributed by atoms with van der Waals surface area (Å²) in [5, 5.41) is 28.5. The molecule has 11 atom stereocenters. The number of carbonyl (C=O) groups is 6. The van der Waals surface area contributed by atoms with Crippen LogP contribution in [0.3, 0.4) is 0 Å². The van der Waals surface area contributed by atoms with Gasteiger partial charge in [-0.1, -0.05) is 80.6 Å². The zero-order valence-electron chi connectivity index (χ0n) is 37.3. The number of ketones is 1. The van der Waals surface area contributed by atoms with E-state index in [-0.39, 0.29) is 41.2 Å². The van der Waals surface area contributed by atoms with Gasteiger partial charge >= 0.3 is 23.9 Å². The molecule has 3 aliphatic carbocycles. The predicted molar refractivity (Wildman–Crippen MR) is 235 cm³/mol. The van der Waals surface area contributed by atoms with Crippen LogP contribution >= 0.6 is 11.8 Å². The number of amides is 1. The van der Waals surface area contributed by atoms with Crippen LogP contribution in [0.25, 0.3) is 0 Å². The number of fused-ring (bicyclic) bond motifs is 5. The molecule has 346 valence electrons. The van der Waals surface area contributed by atoms with Gasteiger partial charge in [0.15, 0.2) is 23.6 Å². The summed E-state index contributed by atoms with van der Waals surface area (Å²) < 4.78 is 37.5. The molecule has 15 nitrogen and oxygen atoms in total. The second-order valence-electron chi connectivity index (χ2n) is 17.9. The monoisotopic (exact) mass is 913 g/mol. The highest BCUT2D eigenvalue weighted by Crippen LogP contribution is 2.65. The Morgan fingerprint density at radius 3 is 2.02 bits per heavy atom. The van der Waals surface area contributed by atoms with E-state index in [9.17, 15) is 34.2 Å². The molecule has 3 aromatic rings. The van der Waals surface area contributed by atoms with Gasteiger partial charge in [0.25, 0.3) is 5.91 Å². The quantitative estimate of drug-likeness (QED) is 0.0884. The van der Waals surface area contributed by atoms with E-state index >= 15 is 4.79 Å². The van der Waals surface area contributed by atoms with Crippen LogP contribution in [-0.2, 0) is 47.6 Å².